The van der Waals surface area contributed by atoms with Gasteiger partial charge in [0, 0.05) is 42.0 Å². The second-order valence-electron chi connectivity index (χ2n) is 6.11. The summed E-state index contributed by atoms with van der Waals surface area (Å²) >= 11 is 0. The maximum absolute atomic E-state index is 12.6. The van der Waals surface area contributed by atoms with Crippen molar-refractivity contribution in [2.45, 2.75) is 13.3 Å². The first kappa shape index (κ1) is 17.0. The number of aliphatic hydroxyl groups is 1. The molecule has 0 fully saturated rings. The third-order valence-corrected chi connectivity index (χ3v) is 4.14. The van der Waals surface area contributed by atoms with Crippen LogP contribution in [0, 0.1) is 12.8 Å². The summed E-state index contributed by atoms with van der Waals surface area (Å²) in [6.07, 6.45) is 2.34. The van der Waals surface area contributed by atoms with E-state index in [9.17, 15) is 9.90 Å². The molecule has 0 spiro atoms. The number of hydrogen-bond donors (Lipinski definition) is 2. The molecule has 5 heteroatoms. The number of nitrogens with one attached hydrogen (secondary N) is 1. The van der Waals surface area contributed by atoms with E-state index in [0.29, 0.717) is 24.0 Å². The molecule has 2 aromatic heterocycles. The first-order valence-corrected chi connectivity index (χ1v) is 8.32. The predicted octanol–water partition coefficient (Wildman–Crippen LogP) is 2.52. The highest BCUT2D eigenvalue weighted by molar-refractivity contribution is 6.05. The average molecular weight is 335 g/mol. The Balaban J connectivity index is 1.70. The molecular formula is C20H21N3O2. The fourth-order valence-corrected chi connectivity index (χ4v) is 2.78. The lowest BCUT2D eigenvalue weighted by atomic mass is 10.0. The molecule has 1 aromatic carbocycles. The molecule has 3 aromatic rings. The summed E-state index contributed by atoms with van der Waals surface area (Å²) in [6.45, 7) is 2.28. The van der Waals surface area contributed by atoms with Gasteiger partial charge in [0.15, 0.2) is 0 Å². The number of para-hydroxylation sites is 1. The van der Waals surface area contributed by atoms with Crippen molar-refractivity contribution in [3.63, 3.8) is 0 Å². The minimum Gasteiger partial charge on any atom is -0.396 e. The predicted molar refractivity (Wildman–Crippen MR) is 97.3 cm³/mol. The van der Waals surface area contributed by atoms with Crippen molar-refractivity contribution in [1.29, 1.82) is 0 Å². The maximum atomic E-state index is 12.6. The lowest BCUT2D eigenvalue weighted by molar-refractivity contribution is 0.0941. The topological polar surface area (TPSA) is 75.1 Å². The molecule has 0 saturated carbocycles. The van der Waals surface area contributed by atoms with Crippen molar-refractivity contribution in [1.82, 2.24) is 15.3 Å². The van der Waals surface area contributed by atoms with Crippen molar-refractivity contribution in [2.24, 2.45) is 5.92 Å². The summed E-state index contributed by atoms with van der Waals surface area (Å²) in [4.78, 5) is 21.4. The highest BCUT2D eigenvalue weighted by Gasteiger charge is 2.15. The standard InChI is InChI=1S/C20H21N3O2/c1-14-8-9-16-5-4-7-18(19(16)23-14)20(25)22-12-15(13-24)11-17-6-2-3-10-21-17/h2-10,15,24H,11-13H2,1H3,(H,22,25). The van der Waals surface area contributed by atoms with E-state index in [2.05, 4.69) is 15.3 Å². The summed E-state index contributed by atoms with van der Waals surface area (Å²) in [5, 5.41) is 13.4. The third kappa shape index (κ3) is 4.19. The van der Waals surface area contributed by atoms with Crippen LogP contribution in [0.15, 0.2) is 54.7 Å². The Kier molecular flexibility index (Phi) is 5.36. The lowest BCUT2D eigenvalue weighted by Crippen LogP contribution is -2.32. The number of benzene rings is 1. The van der Waals surface area contributed by atoms with Crippen molar-refractivity contribution < 1.29 is 9.90 Å². The normalized spacial score (nSPS) is 12.1. The van der Waals surface area contributed by atoms with Crippen LogP contribution in [-0.2, 0) is 6.42 Å². The highest BCUT2D eigenvalue weighted by atomic mass is 16.3. The minimum atomic E-state index is -0.178. The summed E-state index contributed by atoms with van der Waals surface area (Å²) in [5.41, 5.74) is 3.02. The van der Waals surface area contributed by atoms with Crippen molar-refractivity contribution >= 4 is 16.8 Å². The molecule has 0 bridgehead atoms. The molecular weight excluding hydrogens is 314 g/mol. The molecule has 3 rings (SSSR count). The summed E-state index contributed by atoms with van der Waals surface area (Å²) in [6, 6.07) is 15.2. The van der Waals surface area contributed by atoms with Gasteiger partial charge in [-0.25, -0.2) is 0 Å². The molecule has 0 saturated heterocycles. The smallest absolute Gasteiger partial charge is 0.253 e. The van der Waals surface area contributed by atoms with Gasteiger partial charge in [-0.1, -0.05) is 24.3 Å². The molecule has 1 amide bonds. The molecule has 128 valence electrons. The zero-order chi connectivity index (χ0) is 17.6. The summed E-state index contributed by atoms with van der Waals surface area (Å²) in [5.74, 6) is -0.258. The SMILES string of the molecule is Cc1ccc2cccc(C(=O)NCC(CO)Cc3ccccn3)c2n1. The molecule has 0 aliphatic carbocycles. The van der Waals surface area contributed by atoms with E-state index in [-0.39, 0.29) is 18.4 Å². The fraction of sp³-hybridized carbons (Fsp3) is 0.250. The second kappa shape index (κ2) is 7.85. The summed E-state index contributed by atoms with van der Waals surface area (Å²) < 4.78 is 0. The molecule has 25 heavy (non-hydrogen) atoms. The van der Waals surface area contributed by atoms with E-state index in [4.69, 9.17) is 0 Å². The Morgan fingerprint density at radius 3 is 2.80 bits per heavy atom. The van der Waals surface area contributed by atoms with Crippen LogP contribution in [0.5, 0.6) is 0 Å². The van der Waals surface area contributed by atoms with Crippen molar-refractivity contribution in [2.75, 3.05) is 13.2 Å². The Bertz CT molecular complexity index is 865. The van der Waals surface area contributed by atoms with Gasteiger partial charge in [0.25, 0.3) is 5.91 Å². The van der Waals surface area contributed by atoms with E-state index in [1.54, 1.807) is 12.3 Å². The number of aliphatic hydroxyl groups excluding tert-OH is 1. The number of nitrogens with zero attached hydrogens (tertiary/aromatic N) is 2. The zero-order valence-electron chi connectivity index (χ0n) is 14.1. The first-order valence-electron chi connectivity index (χ1n) is 8.32. The Labute approximate surface area is 146 Å². The van der Waals surface area contributed by atoms with Gasteiger partial charge < -0.3 is 10.4 Å². The van der Waals surface area contributed by atoms with Gasteiger partial charge in [-0.15, -0.1) is 0 Å². The highest BCUT2D eigenvalue weighted by Crippen LogP contribution is 2.17. The molecule has 5 nitrogen and oxygen atoms in total. The molecule has 0 radical (unpaired) electrons. The monoisotopic (exact) mass is 335 g/mol. The van der Waals surface area contributed by atoms with Crippen LogP contribution in [0.2, 0.25) is 0 Å². The van der Waals surface area contributed by atoms with Gasteiger partial charge in [0.2, 0.25) is 0 Å². The van der Waals surface area contributed by atoms with Crippen molar-refractivity contribution in [3.8, 4) is 0 Å². The van der Waals surface area contributed by atoms with Gasteiger partial charge in [-0.3, -0.25) is 14.8 Å². The molecule has 1 atom stereocenters. The Morgan fingerprint density at radius 1 is 1.16 bits per heavy atom. The molecule has 2 N–H and O–H groups in total. The number of rotatable bonds is 6. The molecule has 2 heterocycles. The van der Waals surface area contributed by atoms with E-state index >= 15 is 0 Å². The van der Waals surface area contributed by atoms with E-state index < -0.39 is 0 Å². The minimum absolute atomic E-state index is 0.0102. The zero-order valence-corrected chi connectivity index (χ0v) is 14.1. The number of fused-ring (bicyclic) bond motifs is 1. The number of pyridine rings is 2. The van der Waals surface area contributed by atoms with Crippen LogP contribution in [0.4, 0.5) is 0 Å². The number of aryl methyl sites for hydroxylation is 1. The first-order chi connectivity index (χ1) is 12.2. The van der Waals surface area contributed by atoms with Gasteiger partial charge in [-0.05, 0) is 37.6 Å². The van der Waals surface area contributed by atoms with Gasteiger partial charge >= 0.3 is 0 Å². The number of carbonyl (C=O) groups is 1. The molecule has 0 aliphatic heterocycles. The number of hydrogen-bond acceptors (Lipinski definition) is 4. The Hall–Kier alpha value is -2.79. The van der Waals surface area contributed by atoms with Crippen molar-refractivity contribution in [3.05, 3.63) is 71.7 Å². The van der Waals surface area contributed by atoms with E-state index in [1.807, 2.05) is 49.4 Å². The van der Waals surface area contributed by atoms with Gasteiger partial charge in [0.05, 0.1) is 11.1 Å². The van der Waals surface area contributed by atoms with E-state index in [1.165, 1.54) is 0 Å². The largest absolute Gasteiger partial charge is 0.396 e. The molecule has 0 aliphatic rings. The number of amides is 1. The van der Waals surface area contributed by atoms with Crippen LogP contribution in [0.25, 0.3) is 10.9 Å². The van der Waals surface area contributed by atoms with Crippen LogP contribution in [0.1, 0.15) is 21.7 Å². The van der Waals surface area contributed by atoms with Crippen LogP contribution < -0.4 is 5.32 Å². The van der Waals surface area contributed by atoms with E-state index in [0.717, 1.165) is 16.8 Å². The maximum Gasteiger partial charge on any atom is 0.253 e. The average Bonchev–Trinajstić information content (AvgIpc) is 2.65. The lowest BCUT2D eigenvalue weighted by Gasteiger charge is -2.15. The molecule has 1 unspecified atom stereocenters. The van der Waals surface area contributed by atoms with Gasteiger partial charge in [-0.2, -0.15) is 0 Å². The van der Waals surface area contributed by atoms with Crippen LogP contribution >= 0.6 is 0 Å². The van der Waals surface area contributed by atoms with Crippen LogP contribution in [0.3, 0.4) is 0 Å². The summed E-state index contributed by atoms with van der Waals surface area (Å²) in [7, 11) is 0. The quantitative estimate of drug-likeness (QED) is 0.726. The number of carbonyl (C=O) groups excluding carboxylic acids is 1. The Morgan fingerprint density at radius 2 is 2.04 bits per heavy atom. The van der Waals surface area contributed by atoms with Crippen LogP contribution in [-0.4, -0.2) is 34.1 Å². The van der Waals surface area contributed by atoms with Gasteiger partial charge in [0.1, 0.15) is 0 Å². The fourth-order valence-electron chi connectivity index (χ4n) is 2.78. The third-order valence-electron chi connectivity index (χ3n) is 4.14. The second-order valence-corrected chi connectivity index (χ2v) is 6.11. The number of aromatic nitrogens is 2.